The van der Waals surface area contributed by atoms with Crippen molar-refractivity contribution in [3.05, 3.63) is 29.7 Å². The molecular weight excluding hydrogens is 507 g/mol. The van der Waals surface area contributed by atoms with E-state index in [0.29, 0.717) is 6.04 Å². The van der Waals surface area contributed by atoms with Crippen molar-refractivity contribution in [2.45, 2.75) is 65.1 Å². The van der Waals surface area contributed by atoms with E-state index in [1.54, 1.807) is 0 Å². The summed E-state index contributed by atoms with van der Waals surface area (Å²) < 4.78 is 7.31. The Morgan fingerprint density at radius 3 is 2.68 bits per heavy atom. The minimum absolute atomic E-state index is 0. The van der Waals surface area contributed by atoms with Gasteiger partial charge in [0.15, 0.2) is 5.96 Å². The average molecular weight is 542 g/mol. The molecular formula is C21H35IN8O. The summed E-state index contributed by atoms with van der Waals surface area (Å²) in [6, 6.07) is 2.58. The van der Waals surface area contributed by atoms with E-state index in [0.717, 1.165) is 75.5 Å². The molecule has 2 fully saturated rings. The number of halogens is 1. The van der Waals surface area contributed by atoms with Gasteiger partial charge in [0.05, 0.1) is 12.2 Å². The number of nitrogens with one attached hydrogen (secondary N) is 1. The van der Waals surface area contributed by atoms with Crippen molar-refractivity contribution < 1.29 is 4.52 Å². The van der Waals surface area contributed by atoms with Crippen LogP contribution < -0.4 is 5.32 Å². The third-order valence-electron chi connectivity index (χ3n) is 6.04. The summed E-state index contributed by atoms with van der Waals surface area (Å²) in [6.07, 6.45) is 7.82. The highest BCUT2D eigenvalue weighted by Crippen LogP contribution is 2.18. The Labute approximate surface area is 201 Å². The molecule has 0 atom stereocenters. The minimum Gasteiger partial charge on any atom is -0.361 e. The van der Waals surface area contributed by atoms with Gasteiger partial charge in [-0.05, 0) is 19.8 Å². The minimum atomic E-state index is 0. The summed E-state index contributed by atoms with van der Waals surface area (Å²) in [4.78, 5) is 9.83. The quantitative estimate of drug-likeness (QED) is 0.327. The average Bonchev–Trinajstić information content (AvgIpc) is 3.51. The zero-order valence-electron chi connectivity index (χ0n) is 18.7. The maximum atomic E-state index is 5.20. The maximum Gasteiger partial charge on any atom is 0.194 e. The van der Waals surface area contributed by atoms with Gasteiger partial charge in [0, 0.05) is 57.8 Å². The third-order valence-corrected chi connectivity index (χ3v) is 6.04. The Morgan fingerprint density at radius 1 is 1.23 bits per heavy atom. The predicted octanol–water partition coefficient (Wildman–Crippen LogP) is 2.46. The Kier molecular flexibility index (Phi) is 9.12. The Balaban J connectivity index is 0.00000272. The second kappa shape index (κ2) is 11.8. The molecule has 0 spiro atoms. The Morgan fingerprint density at radius 2 is 2.00 bits per heavy atom. The Bertz CT molecular complexity index is 821. The van der Waals surface area contributed by atoms with E-state index in [4.69, 9.17) is 9.52 Å². The predicted molar refractivity (Wildman–Crippen MR) is 131 cm³/mol. The first-order chi connectivity index (χ1) is 14.7. The van der Waals surface area contributed by atoms with Crippen molar-refractivity contribution in [3.63, 3.8) is 0 Å². The van der Waals surface area contributed by atoms with Crippen molar-refractivity contribution in [2.24, 2.45) is 4.99 Å². The number of aryl methyl sites for hydroxylation is 2. The van der Waals surface area contributed by atoms with Gasteiger partial charge in [-0.3, -0.25) is 9.89 Å². The van der Waals surface area contributed by atoms with Crippen LogP contribution >= 0.6 is 24.0 Å². The van der Waals surface area contributed by atoms with Crippen LogP contribution in [-0.4, -0.2) is 74.4 Å². The van der Waals surface area contributed by atoms with E-state index in [1.807, 2.05) is 19.3 Å². The highest BCUT2D eigenvalue weighted by molar-refractivity contribution is 14.0. The van der Waals surface area contributed by atoms with Crippen LogP contribution in [0, 0.1) is 6.92 Å². The van der Waals surface area contributed by atoms with Crippen LogP contribution in [0.4, 0.5) is 0 Å². The van der Waals surface area contributed by atoms with Gasteiger partial charge in [-0.2, -0.15) is 0 Å². The molecule has 0 amide bonds. The van der Waals surface area contributed by atoms with Gasteiger partial charge in [0.25, 0.3) is 0 Å². The van der Waals surface area contributed by atoms with Crippen LogP contribution in [-0.2, 0) is 19.5 Å². The molecule has 1 saturated heterocycles. The summed E-state index contributed by atoms with van der Waals surface area (Å²) in [6.45, 7) is 10.4. The van der Waals surface area contributed by atoms with E-state index in [9.17, 15) is 0 Å². The van der Waals surface area contributed by atoms with Crippen LogP contribution in [0.5, 0.6) is 0 Å². The van der Waals surface area contributed by atoms with Gasteiger partial charge < -0.3 is 19.3 Å². The van der Waals surface area contributed by atoms with Gasteiger partial charge in [0.1, 0.15) is 17.9 Å². The van der Waals surface area contributed by atoms with Crippen molar-refractivity contribution in [2.75, 3.05) is 32.7 Å². The van der Waals surface area contributed by atoms with Crippen molar-refractivity contribution in [1.29, 1.82) is 0 Å². The number of aliphatic imine (C=N–C) groups is 1. The summed E-state index contributed by atoms with van der Waals surface area (Å²) in [5.74, 6) is 2.95. The Hall–Kier alpha value is -1.69. The highest BCUT2D eigenvalue weighted by Gasteiger charge is 2.23. The van der Waals surface area contributed by atoms with Crippen molar-refractivity contribution >= 4 is 29.9 Å². The van der Waals surface area contributed by atoms with E-state index < -0.39 is 0 Å². The largest absolute Gasteiger partial charge is 0.361 e. The molecule has 1 aliphatic carbocycles. The van der Waals surface area contributed by atoms with Gasteiger partial charge in [-0.1, -0.05) is 24.9 Å². The van der Waals surface area contributed by atoms with E-state index in [1.165, 1.54) is 25.7 Å². The number of rotatable bonds is 7. The molecule has 2 aliphatic rings. The van der Waals surface area contributed by atoms with Gasteiger partial charge in [-0.25, -0.2) is 0 Å². The van der Waals surface area contributed by atoms with Crippen LogP contribution in [0.2, 0.25) is 0 Å². The summed E-state index contributed by atoms with van der Waals surface area (Å²) in [7, 11) is 0. The zero-order chi connectivity index (χ0) is 20.8. The molecule has 0 bridgehead atoms. The summed E-state index contributed by atoms with van der Waals surface area (Å²) >= 11 is 0. The first kappa shape index (κ1) is 24.0. The van der Waals surface area contributed by atoms with E-state index in [-0.39, 0.29) is 24.0 Å². The van der Waals surface area contributed by atoms with Crippen LogP contribution in [0.1, 0.15) is 49.9 Å². The van der Waals surface area contributed by atoms with Crippen molar-refractivity contribution in [1.82, 2.24) is 35.0 Å². The molecule has 1 aliphatic heterocycles. The molecule has 31 heavy (non-hydrogen) atoms. The molecule has 0 aromatic carbocycles. The van der Waals surface area contributed by atoms with Crippen LogP contribution in [0.3, 0.4) is 0 Å². The lowest BCUT2D eigenvalue weighted by Crippen LogP contribution is -2.53. The van der Waals surface area contributed by atoms with E-state index in [2.05, 4.69) is 42.0 Å². The fraction of sp³-hybridized carbons (Fsp3) is 0.714. The fourth-order valence-corrected chi connectivity index (χ4v) is 4.33. The summed E-state index contributed by atoms with van der Waals surface area (Å²) in [5, 5.41) is 16.1. The molecule has 1 saturated carbocycles. The second-order valence-corrected chi connectivity index (χ2v) is 8.32. The molecule has 2 aromatic heterocycles. The number of hydrogen-bond acceptors (Lipinski definition) is 6. The first-order valence-electron chi connectivity index (χ1n) is 11.3. The normalized spacial score (nSPS) is 18.4. The number of guanidine groups is 1. The third kappa shape index (κ3) is 6.64. The molecule has 172 valence electrons. The molecule has 4 rings (SSSR count). The SMILES string of the molecule is CCc1nncn1CCN=C(NC1CCCC1)N1CCN(Cc2cc(C)on2)CC1.I. The lowest BCUT2D eigenvalue weighted by atomic mass is 10.2. The standard InChI is InChI=1S/C21H34N8O.HI/c1-3-20-25-23-16-29(20)9-8-22-21(24-18-6-4-5-7-18)28-12-10-27(11-13-28)15-19-14-17(2)30-26-19;/h14,16,18H,3-13,15H2,1-2H3,(H,22,24);1H. The topological polar surface area (TPSA) is 87.6 Å². The lowest BCUT2D eigenvalue weighted by Gasteiger charge is -2.37. The molecule has 10 heteroatoms. The molecule has 3 heterocycles. The van der Waals surface area contributed by atoms with Crippen LogP contribution in [0.15, 0.2) is 21.9 Å². The smallest absolute Gasteiger partial charge is 0.194 e. The first-order valence-corrected chi connectivity index (χ1v) is 11.3. The highest BCUT2D eigenvalue weighted by atomic mass is 127. The monoisotopic (exact) mass is 542 g/mol. The summed E-state index contributed by atoms with van der Waals surface area (Å²) in [5.41, 5.74) is 1.01. The molecule has 1 N–H and O–H groups in total. The number of piperazine rings is 1. The number of nitrogens with zero attached hydrogens (tertiary/aromatic N) is 7. The van der Waals surface area contributed by atoms with E-state index >= 15 is 0 Å². The fourth-order valence-electron chi connectivity index (χ4n) is 4.33. The van der Waals surface area contributed by atoms with Crippen LogP contribution in [0.25, 0.3) is 0 Å². The van der Waals surface area contributed by atoms with Gasteiger partial charge >= 0.3 is 0 Å². The maximum absolute atomic E-state index is 5.20. The second-order valence-electron chi connectivity index (χ2n) is 8.32. The number of aromatic nitrogens is 4. The molecule has 2 aromatic rings. The molecule has 0 radical (unpaired) electrons. The molecule has 0 unspecified atom stereocenters. The van der Waals surface area contributed by atoms with Crippen molar-refractivity contribution in [3.8, 4) is 0 Å². The molecule has 9 nitrogen and oxygen atoms in total. The van der Waals surface area contributed by atoms with Gasteiger partial charge in [0.2, 0.25) is 0 Å². The zero-order valence-corrected chi connectivity index (χ0v) is 21.0. The van der Waals surface area contributed by atoms with Gasteiger partial charge in [-0.15, -0.1) is 34.2 Å². The lowest BCUT2D eigenvalue weighted by molar-refractivity contribution is 0.168. The number of hydrogen-bond donors (Lipinski definition) is 1.